The Morgan fingerprint density at radius 2 is 2.23 bits per heavy atom. The molecule has 13 heavy (non-hydrogen) atoms. The second-order valence-corrected chi connectivity index (χ2v) is 2.34. The summed E-state index contributed by atoms with van der Waals surface area (Å²) in [5.41, 5.74) is 0. The van der Waals surface area contributed by atoms with Crippen molar-refractivity contribution in [2.45, 2.75) is 13.8 Å². The summed E-state index contributed by atoms with van der Waals surface area (Å²) in [5.74, 6) is 0. The Morgan fingerprint density at radius 3 is 2.69 bits per heavy atom. The first-order valence-electron chi connectivity index (χ1n) is 4.11. The third kappa shape index (κ3) is 2.43. The Hall–Kier alpha value is -1.59. The zero-order chi connectivity index (χ0) is 9.68. The van der Waals surface area contributed by atoms with Crippen LogP contribution in [0.25, 0.3) is 0 Å². The molecular weight excluding hydrogens is 172 g/mol. The number of aromatic nitrogens is 3. The molecule has 0 aliphatic carbocycles. The molecule has 0 fully saturated rings. The van der Waals surface area contributed by atoms with Crippen molar-refractivity contribution in [3.8, 4) is 0 Å². The first-order chi connectivity index (χ1) is 6.27. The molecule has 0 bridgehead atoms. The van der Waals surface area contributed by atoms with Crippen molar-refractivity contribution in [3.05, 3.63) is 12.4 Å². The first kappa shape index (κ1) is 9.50. The smallest absolute Gasteiger partial charge is 0.307 e. The van der Waals surface area contributed by atoms with Gasteiger partial charge in [-0.05, 0) is 19.1 Å². The van der Waals surface area contributed by atoms with E-state index < -0.39 is 6.09 Å². The maximum Gasteiger partial charge on any atom is 0.435 e. The molecule has 1 rings (SSSR count). The molecule has 1 heterocycles. The van der Waals surface area contributed by atoms with Crippen molar-refractivity contribution in [2.24, 2.45) is 0 Å². The molecular formula is C7H12N4O2. The molecule has 1 aromatic rings. The van der Waals surface area contributed by atoms with E-state index in [2.05, 4.69) is 10.3 Å². The Labute approximate surface area is 76.0 Å². The van der Waals surface area contributed by atoms with Crippen LogP contribution in [0.5, 0.6) is 0 Å². The predicted octanol–water partition coefficient (Wildman–Crippen LogP) is 0.168. The van der Waals surface area contributed by atoms with Crippen LogP contribution in [0.2, 0.25) is 0 Å². The van der Waals surface area contributed by atoms with Crippen LogP contribution in [0.4, 0.5) is 4.79 Å². The molecule has 0 unspecified atom stereocenters. The van der Waals surface area contributed by atoms with E-state index in [0.717, 1.165) is 4.85 Å². The summed E-state index contributed by atoms with van der Waals surface area (Å²) < 4.78 is 0. The summed E-state index contributed by atoms with van der Waals surface area (Å²) in [4.78, 5) is 18.7. The van der Waals surface area contributed by atoms with Gasteiger partial charge in [-0.1, -0.05) is 4.85 Å². The topological polar surface area (TPSA) is 60.2 Å². The summed E-state index contributed by atoms with van der Waals surface area (Å²) in [6, 6.07) is 0. The van der Waals surface area contributed by atoms with E-state index in [0.29, 0.717) is 13.1 Å². The lowest BCUT2D eigenvalue weighted by Crippen LogP contribution is -2.36. The summed E-state index contributed by atoms with van der Waals surface area (Å²) in [6.45, 7) is 4.99. The van der Waals surface area contributed by atoms with Gasteiger partial charge in [-0.15, -0.1) is 5.10 Å². The van der Waals surface area contributed by atoms with Crippen LogP contribution in [0.1, 0.15) is 13.8 Å². The maximum atomic E-state index is 11.3. The molecule has 6 nitrogen and oxygen atoms in total. The third-order valence-electron chi connectivity index (χ3n) is 1.59. The summed E-state index contributed by atoms with van der Waals surface area (Å²) in [6.07, 6.45) is 2.48. The number of nitrogens with zero attached hydrogens (tertiary/aromatic N) is 4. The van der Waals surface area contributed by atoms with Crippen LogP contribution in [-0.2, 0) is 0 Å². The van der Waals surface area contributed by atoms with Crippen LogP contribution >= 0.6 is 0 Å². The van der Waals surface area contributed by atoms with E-state index >= 15 is 0 Å². The van der Waals surface area contributed by atoms with E-state index in [4.69, 9.17) is 4.84 Å². The lowest BCUT2D eigenvalue weighted by Gasteiger charge is -2.16. The minimum absolute atomic E-state index is 0.421. The molecule has 0 spiro atoms. The van der Waals surface area contributed by atoms with Gasteiger partial charge in [0.15, 0.2) is 0 Å². The van der Waals surface area contributed by atoms with Gasteiger partial charge in [0, 0.05) is 13.1 Å². The fraction of sp³-hybridized carbons (Fsp3) is 0.571. The molecule has 0 saturated carbocycles. The number of rotatable bonds is 3. The number of amides is 1. The zero-order valence-corrected chi connectivity index (χ0v) is 7.67. The number of carbonyl (C=O) groups is 1. The van der Waals surface area contributed by atoms with Crippen molar-refractivity contribution < 1.29 is 9.63 Å². The predicted molar refractivity (Wildman–Crippen MR) is 44.9 cm³/mol. The van der Waals surface area contributed by atoms with Crippen LogP contribution in [-0.4, -0.2) is 39.2 Å². The molecule has 0 aliphatic rings. The van der Waals surface area contributed by atoms with Gasteiger partial charge < -0.3 is 4.90 Å². The van der Waals surface area contributed by atoms with E-state index in [1.54, 1.807) is 4.90 Å². The summed E-state index contributed by atoms with van der Waals surface area (Å²) >= 11 is 0. The van der Waals surface area contributed by atoms with Gasteiger partial charge >= 0.3 is 6.09 Å². The Kier molecular flexibility index (Phi) is 3.24. The monoisotopic (exact) mass is 184 g/mol. The molecule has 0 saturated heterocycles. The van der Waals surface area contributed by atoms with Gasteiger partial charge in [-0.2, -0.15) is 0 Å². The Balaban J connectivity index is 2.49. The second-order valence-electron chi connectivity index (χ2n) is 2.34. The lowest BCUT2D eigenvalue weighted by atomic mass is 10.6. The van der Waals surface area contributed by atoms with Gasteiger partial charge in [0.2, 0.25) is 0 Å². The number of hydrogen-bond donors (Lipinski definition) is 0. The largest absolute Gasteiger partial charge is 0.435 e. The molecule has 0 atom stereocenters. The minimum atomic E-state index is -0.421. The number of hydrogen-bond acceptors (Lipinski definition) is 4. The van der Waals surface area contributed by atoms with Crippen molar-refractivity contribution in [3.63, 3.8) is 0 Å². The van der Waals surface area contributed by atoms with Crippen molar-refractivity contribution in [1.82, 2.24) is 20.1 Å². The fourth-order valence-corrected chi connectivity index (χ4v) is 0.866. The third-order valence-corrected chi connectivity index (χ3v) is 1.59. The summed E-state index contributed by atoms with van der Waals surface area (Å²) in [5, 5.41) is 7.01. The molecule has 0 aliphatic heterocycles. The Morgan fingerprint density at radius 1 is 1.54 bits per heavy atom. The summed E-state index contributed by atoms with van der Waals surface area (Å²) in [7, 11) is 0. The zero-order valence-electron chi connectivity index (χ0n) is 7.67. The van der Waals surface area contributed by atoms with Gasteiger partial charge in [-0.3, -0.25) is 4.84 Å². The molecule has 0 N–H and O–H groups in total. The van der Waals surface area contributed by atoms with Crippen molar-refractivity contribution in [2.75, 3.05) is 13.1 Å². The van der Waals surface area contributed by atoms with Crippen LogP contribution < -0.4 is 4.84 Å². The molecule has 0 radical (unpaired) electrons. The average Bonchev–Trinajstić information content (AvgIpc) is 2.59. The highest BCUT2D eigenvalue weighted by Gasteiger charge is 2.11. The highest BCUT2D eigenvalue weighted by molar-refractivity contribution is 5.67. The second kappa shape index (κ2) is 4.44. The van der Waals surface area contributed by atoms with Gasteiger partial charge in [0.1, 0.15) is 0 Å². The first-order valence-corrected chi connectivity index (χ1v) is 4.11. The van der Waals surface area contributed by atoms with E-state index in [1.165, 1.54) is 12.4 Å². The lowest BCUT2D eigenvalue weighted by molar-refractivity contribution is 0.0794. The average molecular weight is 184 g/mol. The molecule has 1 aromatic heterocycles. The minimum Gasteiger partial charge on any atom is -0.307 e. The van der Waals surface area contributed by atoms with Crippen molar-refractivity contribution >= 4 is 6.09 Å². The van der Waals surface area contributed by atoms with Crippen LogP contribution in [0, 0.1) is 0 Å². The van der Waals surface area contributed by atoms with Crippen LogP contribution in [0.3, 0.4) is 0 Å². The maximum absolute atomic E-state index is 11.3. The normalized spacial score (nSPS) is 9.69. The Bertz CT molecular complexity index is 255. The van der Waals surface area contributed by atoms with Crippen molar-refractivity contribution in [1.29, 1.82) is 0 Å². The van der Waals surface area contributed by atoms with E-state index in [-0.39, 0.29) is 0 Å². The highest BCUT2D eigenvalue weighted by Crippen LogP contribution is 1.89. The standard InChI is InChI=1S/C7H12N4O2/c1-3-10(4-2)7(12)13-11-6-5-8-9-11/h5-6H,3-4H2,1-2H3. The number of carbonyl (C=O) groups excluding carboxylic acids is 1. The van der Waals surface area contributed by atoms with Gasteiger partial charge in [-0.25, -0.2) is 4.79 Å². The van der Waals surface area contributed by atoms with Gasteiger partial charge in [0.25, 0.3) is 0 Å². The molecule has 1 amide bonds. The molecule has 0 aromatic carbocycles. The van der Waals surface area contributed by atoms with E-state index in [9.17, 15) is 4.79 Å². The van der Waals surface area contributed by atoms with Crippen LogP contribution in [0.15, 0.2) is 12.4 Å². The highest BCUT2D eigenvalue weighted by atomic mass is 16.7. The van der Waals surface area contributed by atoms with E-state index in [1.807, 2.05) is 13.8 Å². The quantitative estimate of drug-likeness (QED) is 0.628. The SMILES string of the molecule is CCN(CC)C(=O)On1ccnn1. The molecule has 6 heteroatoms. The fourth-order valence-electron chi connectivity index (χ4n) is 0.866. The molecule has 72 valence electrons. The van der Waals surface area contributed by atoms with Gasteiger partial charge in [0.05, 0.1) is 12.4 Å².